The summed E-state index contributed by atoms with van der Waals surface area (Å²) in [6, 6.07) is 0. The Hall–Kier alpha value is -0.870. The van der Waals surface area contributed by atoms with Gasteiger partial charge in [-0.15, -0.1) is 0 Å². The molecule has 70 valence electrons. The van der Waals surface area contributed by atoms with E-state index in [-0.39, 0.29) is 0 Å². The molecule has 0 aliphatic heterocycles. The number of rotatable bonds is 4. The van der Waals surface area contributed by atoms with Crippen LogP contribution in [-0.4, -0.2) is 33.1 Å². The molecule has 0 rings (SSSR count). The Bertz CT molecular complexity index is 170. The van der Waals surface area contributed by atoms with Crippen LogP contribution in [0.2, 0.25) is 0 Å². The number of methoxy groups -OCH3 is 3. The van der Waals surface area contributed by atoms with Crippen molar-refractivity contribution in [3.63, 3.8) is 0 Å². The molecule has 4 nitrogen and oxygen atoms in total. The molecule has 0 heterocycles. The minimum Gasteiger partial charge on any atom is -0.466 e. The third kappa shape index (κ3) is 3.50. The van der Waals surface area contributed by atoms with Crippen molar-refractivity contribution >= 4 is 5.97 Å². The molecule has 0 aliphatic rings. The predicted octanol–water partition coefficient (Wildman–Crippen LogP) is 0.725. The fourth-order valence-electron chi connectivity index (χ4n) is 0.507. The number of esters is 1. The maximum absolute atomic E-state index is 10.7. The van der Waals surface area contributed by atoms with Gasteiger partial charge in [-0.2, -0.15) is 0 Å². The van der Waals surface area contributed by atoms with Crippen LogP contribution in [0.25, 0.3) is 0 Å². The highest BCUT2D eigenvalue weighted by Gasteiger charge is 2.18. The van der Waals surface area contributed by atoms with Crippen LogP contribution in [-0.2, 0) is 19.0 Å². The molecule has 12 heavy (non-hydrogen) atoms. The molecule has 4 heteroatoms. The van der Waals surface area contributed by atoms with Gasteiger partial charge in [-0.3, -0.25) is 0 Å². The Morgan fingerprint density at radius 2 is 1.75 bits per heavy atom. The first-order chi connectivity index (χ1) is 5.58. The normalized spacial score (nSPS) is 12.0. The van der Waals surface area contributed by atoms with E-state index in [1.165, 1.54) is 33.5 Å². The van der Waals surface area contributed by atoms with Crippen LogP contribution < -0.4 is 0 Å². The molecule has 0 aromatic carbocycles. The van der Waals surface area contributed by atoms with Crippen LogP contribution in [0.4, 0.5) is 0 Å². The molecule has 0 unspecified atom stereocenters. The van der Waals surface area contributed by atoms with Gasteiger partial charge < -0.3 is 14.2 Å². The van der Waals surface area contributed by atoms with Gasteiger partial charge in [0.15, 0.2) is 5.79 Å². The van der Waals surface area contributed by atoms with Gasteiger partial charge in [0.05, 0.1) is 7.11 Å². The van der Waals surface area contributed by atoms with Crippen LogP contribution in [0.1, 0.15) is 6.92 Å². The van der Waals surface area contributed by atoms with Gasteiger partial charge >= 0.3 is 5.97 Å². The van der Waals surface area contributed by atoms with Crippen molar-refractivity contribution in [3.05, 3.63) is 12.2 Å². The van der Waals surface area contributed by atoms with E-state index in [9.17, 15) is 4.79 Å². The Labute approximate surface area is 72.1 Å². The molecule has 0 bridgehead atoms. The predicted molar refractivity (Wildman–Crippen MR) is 43.6 cm³/mol. The zero-order valence-electron chi connectivity index (χ0n) is 7.79. The monoisotopic (exact) mass is 174 g/mol. The minimum absolute atomic E-state index is 0.435. The van der Waals surface area contributed by atoms with Gasteiger partial charge in [-0.05, 0) is 13.0 Å². The van der Waals surface area contributed by atoms with Crippen LogP contribution >= 0.6 is 0 Å². The molecule has 0 aromatic rings. The first-order valence-corrected chi connectivity index (χ1v) is 3.45. The number of hydrogen-bond donors (Lipinski definition) is 0. The van der Waals surface area contributed by atoms with E-state index in [4.69, 9.17) is 9.47 Å². The van der Waals surface area contributed by atoms with Crippen molar-refractivity contribution in [2.45, 2.75) is 12.7 Å². The van der Waals surface area contributed by atoms with Crippen molar-refractivity contribution in [2.75, 3.05) is 21.3 Å². The Morgan fingerprint density at radius 3 is 2.08 bits per heavy atom. The van der Waals surface area contributed by atoms with E-state index in [1.54, 1.807) is 6.92 Å². The highest BCUT2D eigenvalue weighted by Crippen LogP contribution is 2.10. The Balaban J connectivity index is 4.19. The quantitative estimate of drug-likeness (QED) is 0.358. The lowest BCUT2D eigenvalue weighted by Crippen LogP contribution is -2.26. The SMILES string of the molecule is COC(=O)/C=C/C(C)(OC)OC. The zero-order valence-corrected chi connectivity index (χ0v) is 7.79. The second kappa shape index (κ2) is 4.90. The van der Waals surface area contributed by atoms with Gasteiger partial charge in [-0.25, -0.2) is 4.79 Å². The van der Waals surface area contributed by atoms with E-state index in [2.05, 4.69) is 4.74 Å². The zero-order chi connectivity index (χ0) is 9.61. The average Bonchev–Trinajstić information content (AvgIpc) is 2.13. The summed E-state index contributed by atoms with van der Waals surface area (Å²) in [4.78, 5) is 10.7. The summed E-state index contributed by atoms with van der Waals surface area (Å²) in [5, 5.41) is 0. The summed E-state index contributed by atoms with van der Waals surface area (Å²) in [7, 11) is 4.29. The molecular formula is C8H14O4. The molecule has 0 saturated carbocycles. The average molecular weight is 174 g/mol. The van der Waals surface area contributed by atoms with Crippen molar-refractivity contribution in [2.24, 2.45) is 0 Å². The fraction of sp³-hybridized carbons (Fsp3) is 0.625. The number of carbonyl (C=O) groups excluding carboxylic acids is 1. The fourth-order valence-corrected chi connectivity index (χ4v) is 0.507. The second-order valence-corrected chi connectivity index (χ2v) is 2.28. The maximum Gasteiger partial charge on any atom is 0.330 e. The molecular weight excluding hydrogens is 160 g/mol. The lowest BCUT2D eigenvalue weighted by Gasteiger charge is -2.21. The van der Waals surface area contributed by atoms with Gasteiger partial charge in [0.1, 0.15) is 0 Å². The highest BCUT2D eigenvalue weighted by atomic mass is 16.7. The molecule has 0 aliphatic carbocycles. The van der Waals surface area contributed by atoms with Crippen LogP contribution in [0.15, 0.2) is 12.2 Å². The largest absolute Gasteiger partial charge is 0.466 e. The highest BCUT2D eigenvalue weighted by molar-refractivity contribution is 5.81. The lowest BCUT2D eigenvalue weighted by molar-refractivity contribution is -0.157. The van der Waals surface area contributed by atoms with Gasteiger partial charge in [0.25, 0.3) is 0 Å². The summed E-state index contributed by atoms with van der Waals surface area (Å²) < 4.78 is 14.3. The second-order valence-electron chi connectivity index (χ2n) is 2.28. The van der Waals surface area contributed by atoms with Crippen LogP contribution in [0.5, 0.6) is 0 Å². The minimum atomic E-state index is -0.867. The van der Waals surface area contributed by atoms with Gasteiger partial charge in [0.2, 0.25) is 0 Å². The first kappa shape index (κ1) is 11.1. The maximum atomic E-state index is 10.7. The third-order valence-corrected chi connectivity index (χ3v) is 1.53. The van der Waals surface area contributed by atoms with Crippen molar-refractivity contribution in [1.82, 2.24) is 0 Å². The number of ether oxygens (including phenoxy) is 3. The summed E-state index contributed by atoms with van der Waals surface area (Å²) in [6.07, 6.45) is 2.74. The number of hydrogen-bond acceptors (Lipinski definition) is 4. The molecule has 0 aromatic heterocycles. The molecule has 0 N–H and O–H groups in total. The van der Waals surface area contributed by atoms with Crippen LogP contribution in [0, 0.1) is 0 Å². The third-order valence-electron chi connectivity index (χ3n) is 1.53. The van der Waals surface area contributed by atoms with Crippen molar-refractivity contribution in [1.29, 1.82) is 0 Å². The van der Waals surface area contributed by atoms with E-state index in [1.807, 2.05) is 0 Å². The summed E-state index contributed by atoms with van der Waals surface area (Å²) >= 11 is 0. The molecule has 0 amide bonds. The summed E-state index contributed by atoms with van der Waals surface area (Å²) in [5.41, 5.74) is 0. The van der Waals surface area contributed by atoms with E-state index >= 15 is 0 Å². The Morgan fingerprint density at radius 1 is 1.25 bits per heavy atom. The molecule has 0 saturated heterocycles. The smallest absolute Gasteiger partial charge is 0.330 e. The van der Waals surface area contributed by atoms with E-state index in [0.717, 1.165) is 0 Å². The standard InChI is InChI=1S/C8H14O4/c1-8(11-3,12-4)6-5-7(9)10-2/h5-6H,1-4H3/b6-5+. The van der Waals surface area contributed by atoms with E-state index in [0.29, 0.717) is 0 Å². The first-order valence-electron chi connectivity index (χ1n) is 3.45. The molecule has 0 fully saturated rings. The molecule has 0 atom stereocenters. The Kier molecular flexibility index (Phi) is 4.54. The lowest BCUT2D eigenvalue weighted by atomic mass is 10.3. The summed E-state index contributed by atoms with van der Waals surface area (Å²) in [6.45, 7) is 1.69. The number of carbonyl (C=O) groups is 1. The van der Waals surface area contributed by atoms with Crippen LogP contribution in [0.3, 0.4) is 0 Å². The van der Waals surface area contributed by atoms with Gasteiger partial charge in [0, 0.05) is 20.3 Å². The summed E-state index contributed by atoms with van der Waals surface area (Å²) in [5.74, 6) is -1.30. The van der Waals surface area contributed by atoms with Crippen molar-refractivity contribution < 1.29 is 19.0 Å². The van der Waals surface area contributed by atoms with Crippen molar-refractivity contribution in [3.8, 4) is 0 Å². The molecule has 0 radical (unpaired) electrons. The topological polar surface area (TPSA) is 44.8 Å². The van der Waals surface area contributed by atoms with E-state index < -0.39 is 11.8 Å². The van der Waals surface area contributed by atoms with Gasteiger partial charge in [-0.1, -0.05) is 0 Å². The molecule has 0 spiro atoms.